The summed E-state index contributed by atoms with van der Waals surface area (Å²) in [5, 5.41) is 2.57. The molecule has 1 aromatic heterocycles. The summed E-state index contributed by atoms with van der Waals surface area (Å²) >= 11 is 0. The molecule has 140 valence electrons. The number of nitrogens with zero attached hydrogens (tertiary/aromatic N) is 3. The minimum atomic E-state index is -0.200. The van der Waals surface area contributed by atoms with Crippen LogP contribution in [-0.4, -0.2) is 57.7 Å². The molecule has 7 nitrogen and oxygen atoms in total. The lowest BCUT2D eigenvalue weighted by molar-refractivity contribution is -0.133. The van der Waals surface area contributed by atoms with E-state index in [1.165, 1.54) is 6.92 Å². The first-order valence-electron chi connectivity index (χ1n) is 9.22. The van der Waals surface area contributed by atoms with Gasteiger partial charge in [0, 0.05) is 50.9 Å². The zero-order valence-electron chi connectivity index (χ0n) is 15.2. The number of carbonyl (C=O) groups excluding carboxylic acids is 3. The number of carbonyl (C=O) groups is 3. The quantitative estimate of drug-likeness (QED) is 0.873. The Balaban J connectivity index is 1.68. The van der Waals surface area contributed by atoms with Crippen LogP contribution in [0.2, 0.25) is 0 Å². The number of hydrogen-bond acceptors (Lipinski definition) is 4. The second-order valence-corrected chi connectivity index (χ2v) is 7.21. The van der Waals surface area contributed by atoms with Crippen molar-refractivity contribution in [3.05, 3.63) is 30.1 Å². The average Bonchev–Trinajstić information content (AvgIpc) is 2.82. The summed E-state index contributed by atoms with van der Waals surface area (Å²) in [4.78, 5) is 43.8. The molecule has 2 aliphatic rings. The normalized spacial score (nSPS) is 23.2. The molecule has 0 saturated carbocycles. The minimum Gasteiger partial charge on any atom is -0.347 e. The first-order valence-corrected chi connectivity index (χ1v) is 9.22. The standard InChI is InChI=1S/C19H26N4O3/c1-15(24)21-13-18(26)22-10-3-6-19(8-11-22)7-5-17(25)23(19)14-16-4-2-9-20-12-16/h2,4,9,12H,3,5-8,10-11,13-14H2,1H3,(H,21,24). The molecule has 1 unspecified atom stereocenters. The van der Waals surface area contributed by atoms with Gasteiger partial charge in [0.1, 0.15) is 0 Å². The van der Waals surface area contributed by atoms with Gasteiger partial charge in [0.05, 0.1) is 6.54 Å². The third-order valence-corrected chi connectivity index (χ3v) is 5.50. The molecule has 3 heterocycles. The lowest BCUT2D eigenvalue weighted by Crippen LogP contribution is -2.46. The number of pyridine rings is 1. The van der Waals surface area contributed by atoms with Crippen molar-refractivity contribution in [1.82, 2.24) is 20.1 Å². The van der Waals surface area contributed by atoms with Crippen LogP contribution in [0.15, 0.2) is 24.5 Å². The zero-order valence-corrected chi connectivity index (χ0v) is 15.2. The summed E-state index contributed by atoms with van der Waals surface area (Å²) in [6.45, 7) is 3.32. The fourth-order valence-corrected chi connectivity index (χ4v) is 4.06. The number of rotatable bonds is 4. The van der Waals surface area contributed by atoms with Gasteiger partial charge in [0.15, 0.2) is 0 Å². The molecular weight excluding hydrogens is 332 g/mol. The van der Waals surface area contributed by atoms with Crippen LogP contribution in [0.25, 0.3) is 0 Å². The predicted molar refractivity (Wildman–Crippen MR) is 95.9 cm³/mol. The van der Waals surface area contributed by atoms with Crippen molar-refractivity contribution >= 4 is 17.7 Å². The van der Waals surface area contributed by atoms with Crippen molar-refractivity contribution in [2.75, 3.05) is 19.6 Å². The van der Waals surface area contributed by atoms with Crippen LogP contribution in [0.5, 0.6) is 0 Å². The fourth-order valence-electron chi connectivity index (χ4n) is 4.06. The Morgan fingerprint density at radius 1 is 1.27 bits per heavy atom. The highest BCUT2D eigenvalue weighted by atomic mass is 16.2. The Kier molecular flexibility index (Phi) is 5.54. The maximum Gasteiger partial charge on any atom is 0.241 e. The summed E-state index contributed by atoms with van der Waals surface area (Å²) in [5.41, 5.74) is 0.862. The highest BCUT2D eigenvalue weighted by molar-refractivity contribution is 5.84. The molecule has 1 aromatic rings. The van der Waals surface area contributed by atoms with Crippen molar-refractivity contribution in [1.29, 1.82) is 0 Å². The van der Waals surface area contributed by atoms with E-state index < -0.39 is 0 Å². The van der Waals surface area contributed by atoms with Gasteiger partial charge < -0.3 is 15.1 Å². The highest BCUT2D eigenvalue weighted by Gasteiger charge is 2.45. The maximum atomic E-state index is 12.5. The van der Waals surface area contributed by atoms with Crippen molar-refractivity contribution in [2.45, 2.75) is 51.1 Å². The van der Waals surface area contributed by atoms with E-state index >= 15 is 0 Å². The van der Waals surface area contributed by atoms with Gasteiger partial charge in [-0.15, -0.1) is 0 Å². The van der Waals surface area contributed by atoms with E-state index in [2.05, 4.69) is 10.3 Å². The van der Waals surface area contributed by atoms with Gasteiger partial charge in [-0.3, -0.25) is 19.4 Å². The molecule has 1 N–H and O–H groups in total. The molecule has 2 fully saturated rings. The van der Waals surface area contributed by atoms with Crippen LogP contribution in [0.1, 0.15) is 44.6 Å². The van der Waals surface area contributed by atoms with E-state index in [1.54, 1.807) is 12.4 Å². The van der Waals surface area contributed by atoms with Crippen LogP contribution >= 0.6 is 0 Å². The van der Waals surface area contributed by atoms with Crippen LogP contribution in [0, 0.1) is 0 Å². The molecule has 26 heavy (non-hydrogen) atoms. The lowest BCUT2D eigenvalue weighted by atomic mass is 9.87. The van der Waals surface area contributed by atoms with Gasteiger partial charge in [-0.2, -0.15) is 0 Å². The molecule has 0 aromatic carbocycles. The Morgan fingerprint density at radius 2 is 2.12 bits per heavy atom. The van der Waals surface area contributed by atoms with Gasteiger partial charge in [-0.25, -0.2) is 0 Å². The molecule has 0 bridgehead atoms. The highest BCUT2D eigenvalue weighted by Crippen LogP contribution is 2.40. The molecular formula is C19H26N4O3. The monoisotopic (exact) mass is 358 g/mol. The van der Waals surface area contributed by atoms with E-state index in [1.807, 2.05) is 21.9 Å². The number of nitrogens with one attached hydrogen (secondary N) is 1. The molecule has 3 amide bonds. The van der Waals surface area contributed by atoms with Gasteiger partial charge in [0.25, 0.3) is 0 Å². The van der Waals surface area contributed by atoms with Gasteiger partial charge >= 0.3 is 0 Å². The Morgan fingerprint density at radius 3 is 2.85 bits per heavy atom. The van der Waals surface area contributed by atoms with Crippen molar-refractivity contribution in [3.63, 3.8) is 0 Å². The largest absolute Gasteiger partial charge is 0.347 e. The Bertz CT molecular complexity index is 679. The van der Waals surface area contributed by atoms with E-state index in [-0.39, 0.29) is 29.8 Å². The summed E-state index contributed by atoms with van der Waals surface area (Å²) < 4.78 is 0. The number of amides is 3. The van der Waals surface area contributed by atoms with Crippen LogP contribution < -0.4 is 5.32 Å². The fraction of sp³-hybridized carbons (Fsp3) is 0.579. The van der Waals surface area contributed by atoms with E-state index in [9.17, 15) is 14.4 Å². The third-order valence-electron chi connectivity index (χ3n) is 5.50. The van der Waals surface area contributed by atoms with Gasteiger partial charge in [-0.1, -0.05) is 6.07 Å². The third kappa shape index (κ3) is 4.03. The summed E-state index contributed by atoms with van der Waals surface area (Å²) in [7, 11) is 0. The average molecular weight is 358 g/mol. The topological polar surface area (TPSA) is 82.6 Å². The molecule has 7 heteroatoms. The van der Waals surface area contributed by atoms with Gasteiger partial charge in [-0.05, 0) is 37.3 Å². The second kappa shape index (κ2) is 7.85. The predicted octanol–water partition coefficient (Wildman–Crippen LogP) is 1.09. The van der Waals surface area contributed by atoms with Crippen LogP contribution in [-0.2, 0) is 20.9 Å². The van der Waals surface area contributed by atoms with Crippen molar-refractivity contribution in [3.8, 4) is 0 Å². The van der Waals surface area contributed by atoms with Crippen LogP contribution in [0.4, 0.5) is 0 Å². The number of likely N-dealkylation sites (tertiary alicyclic amines) is 2. The first kappa shape index (κ1) is 18.4. The van der Waals surface area contributed by atoms with Crippen molar-refractivity contribution in [2.24, 2.45) is 0 Å². The zero-order chi connectivity index (χ0) is 18.6. The van der Waals surface area contributed by atoms with E-state index in [4.69, 9.17) is 0 Å². The molecule has 3 rings (SSSR count). The molecule has 2 saturated heterocycles. The lowest BCUT2D eigenvalue weighted by Gasteiger charge is -2.38. The molecule has 0 aliphatic carbocycles. The SMILES string of the molecule is CC(=O)NCC(=O)N1CCCC2(CCC(=O)N2Cc2cccnc2)CC1. The van der Waals surface area contributed by atoms with Crippen LogP contribution in [0.3, 0.4) is 0 Å². The van der Waals surface area contributed by atoms with E-state index in [0.29, 0.717) is 26.1 Å². The summed E-state index contributed by atoms with van der Waals surface area (Å²) in [6.07, 6.45) is 7.50. The Hall–Kier alpha value is -2.44. The summed E-state index contributed by atoms with van der Waals surface area (Å²) in [6, 6.07) is 3.88. The maximum absolute atomic E-state index is 12.5. The second-order valence-electron chi connectivity index (χ2n) is 7.21. The molecule has 1 spiro atoms. The van der Waals surface area contributed by atoms with Gasteiger partial charge in [0.2, 0.25) is 17.7 Å². The van der Waals surface area contributed by atoms with Crippen molar-refractivity contribution < 1.29 is 14.4 Å². The Labute approximate surface area is 153 Å². The number of aromatic nitrogens is 1. The summed E-state index contributed by atoms with van der Waals surface area (Å²) in [5.74, 6) is -0.0686. The molecule has 2 aliphatic heterocycles. The number of hydrogen-bond donors (Lipinski definition) is 1. The molecule has 1 atom stereocenters. The van der Waals surface area contributed by atoms with E-state index in [0.717, 1.165) is 31.2 Å². The smallest absolute Gasteiger partial charge is 0.241 e. The molecule has 0 radical (unpaired) electrons. The minimum absolute atomic E-state index is 0.0423. The first-order chi connectivity index (χ1) is 12.5.